The number of rotatable bonds is 3. The van der Waals surface area contributed by atoms with Crippen molar-refractivity contribution < 1.29 is 19.4 Å². The highest BCUT2D eigenvalue weighted by Gasteiger charge is 2.51. The molecule has 0 unspecified atom stereocenters. The molecule has 1 atom stereocenters. The third-order valence-electron chi connectivity index (χ3n) is 3.86. The minimum Gasteiger partial charge on any atom is -0.497 e. The van der Waals surface area contributed by atoms with Gasteiger partial charge in [-0.05, 0) is 36.4 Å². The molecule has 6 heteroatoms. The molecule has 1 amide bonds. The summed E-state index contributed by atoms with van der Waals surface area (Å²) in [5, 5.41) is 11.1. The van der Waals surface area contributed by atoms with Gasteiger partial charge in [-0.15, -0.1) is 0 Å². The fourth-order valence-corrected chi connectivity index (χ4v) is 2.95. The number of nitrogens with zero attached hydrogens (tertiary/aromatic N) is 1. The number of amides is 1. The fraction of sp³-hybridized carbons (Fsp3) is 0.176. The van der Waals surface area contributed by atoms with E-state index in [4.69, 9.17) is 4.74 Å². The standard InChI is InChI=1S/C17H14BrNO4/c1-23-14-8-6-13(7-9-14)19-16(21)15(20)10-17(19,22)11-2-4-12(18)5-3-11/h2-9,22H,10H2,1H3/t17-/m0/s1. The van der Waals surface area contributed by atoms with Crippen molar-refractivity contribution in [2.45, 2.75) is 12.1 Å². The molecule has 0 spiro atoms. The summed E-state index contributed by atoms with van der Waals surface area (Å²) in [4.78, 5) is 25.4. The fourth-order valence-electron chi connectivity index (χ4n) is 2.68. The molecule has 5 nitrogen and oxygen atoms in total. The van der Waals surface area contributed by atoms with Crippen LogP contribution in [-0.2, 0) is 15.3 Å². The lowest BCUT2D eigenvalue weighted by Gasteiger charge is -2.33. The molecule has 0 radical (unpaired) electrons. The van der Waals surface area contributed by atoms with Gasteiger partial charge < -0.3 is 9.84 Å². The van der Waals surface area contributed by atoms with Crippen LogP contribution in [0.2, 0.25) is 0 Å². The van der Waals surface area contributed by atoms with Crippen LogP contribution < -0.4 is 9.64 Å². The van der Waals surface area contributed by atoms with Crippen LogP contribution in [0.25, 0.3) is 0 Å². The molecule has 0 aliphatic carbocycles. The highest BCUT2D eigenvalue weighted by atomic mass is 79.9. The summed E-state index contributed by atoms with van der Waals surface area (Å²) in [5.74, 6) is -0.717. The van der Waals surface area contributed by atoms with Gasteiger partial charge in [-0.1, -0.05) is 28.1 Å². The van der Waals surface area contributed by atoms with Crippen LogP contribution in [0.15, 0.2) is 53.0 Å². The van der Waals surface area contributed by atoms with Gasteiger partial charge in [-0.3, -0.25) is 14.5 Å². The van der Waals surface area contributed by atoms with Gasteiger partial charge in [0, 0.05) is 15.7 Å². The third-order valence-corrected chi connectivity index (χ3v) is 4.38. The van der Waals surface area contributed by atoms with Gasteiger partial charge in [0.05, 0.1) is 13.5 Å². The Hall–Kier alpha value is -2.18. The zero-order valence-electron chi connectivity index (χ0n) is 12.3. The summed E-state index contributed by atoms with van der Waals surface area (Å²) >= 11 is 3.33. The summed E-state index contributed by atoms with van der Waals surface area (Å²) < 4.78 is 5.94. The van der Waals surface area contributed by atoms with E-state index in [0.717, 1.165) is 9.37 Å². The average molecular weight is 376 g/mol. The molecular weight excluding hydrogens is 362 g/mol. The number of hydrogen-bond donors (Lipinski definition) is 1. The number of anilines is 1. The topological polar surface area (TPSA) is 66.8 Å². The molecule has 118 valence electrons. The first-order chi connectivity index (χ1) is 11.0. The Kier molecular flexibility index (Phi) is 3.95. The molecule has 2 aromatic rings. The number of halogens is 1. The Morgan fingerprint density at radius 3 is 2.26 bits per heavy atom. The third kappa shape index (κ3) is 2.64. The van der Waals surface area contributed by atoms with Crippen molar-refractivity contribution in [2.75, 3.05) is 12.0 Å². The van der Waals surface area contributed by atoms with Gasteiger partial charge in [0.25, 0.3) is 5.91 Å². The lowest BCUT2D eigenvalue weighted by molar-refractivity contribution is -0.133. The molecule has 2 aromatic carbocycles. The van der Waals surface area contributed by atoms with Gasteiger partial charge in [-0.25, -0.2) is 0 Å². The highest BCUT2D eigenvalue weighted by molar-refractivity contribution is 9.10. The van der Waals surface area contributed by atoms with Crippen molar-refractivity contribution in [3.63, 3.8) is 0 Å². The number of Topliss-reactive ketones (excluding diaryl/α,β-unsaturated/α-hetero) is 1. The minimum absolute atomic E-state index is 0.278. The van der Waals surface area contributed by atoms with Gasteiger partial charge in [-0.2, -0.15) is 0 Å². The maximum Gasteiger partial charge on any atom is 0.297 e. The van der Waals surface area contributed by atoms with E-state index < -0.39 is 17.4 Å². The normalized spacial score (nSPS) is 20.9. The lowest BCUT2D eigenvalue weighted by Crippen LogP contribution is -2.43. The number of benzene rings is 2. The van der Waals surface area contributed by atoms with E-state index in [9.17, 15) is 14.7 Å². The quantitative estimate of drug-likeness (QED) is 0.837. The van der Waals surface area contributed by atoms with Crippen molar-refractivity contribution in [2.24, 2.45) is 0 Å². The van der Waals surface area contributed by atoms with E-state index in [0.29, 0.717) is 17.0 Å². The molecule has 1 aliphatic rings. The molecular formula is C17H14BrNO4. The number of aliphatic hydroxyl groups is 1. The van der Waals surface area contributed by atoms with E-state index in [1.54, 1.807) is 48.5 Å². The van der Waals surface area contributed by atoms with E-state index in [1.807, 2.05) is 0 Å². The van der Waals surface area contributed by atoms with Gasteiger partial charge in [0.2, 0.25) is 5.78 Å². The van der Waals surface area contributed by atoms with Gasteiger partial charge in [0.1, 0.15) is 5.75 Å². The SMILES string of the molecule is COc1ccc(N2C(=O)C(=O)C[C@]2(O)c2ccc(Br)cc2)cc1. The number of ketones is 1. The van der Waals surface area contributed by atoms with E-state index in [-0.39, 0.29) is 6.42 Å². The molecule has 23 heavy (non-hydrogen) atoms. The van der Waals surface area contributed by atoms with Crippen LogP contribution in [0, 0.1) is 0 Å². The zero-order valence-corrected chi connectivity index (χ0v) is 13.9. The highest BCUT2D eigenvalue weighted by Crippen LogP contribution is 2.39. The predicted molar refractivity (Wildman–Crippen MR) is 88.1 cm³/mol. The average Bonchev–Trinajstić information content (AvgIpc) is 2.78. The first-order valence-corrected chi connectivity index (χ1v) is 7.75. The summed E-state index contributed by atoms with van der Waals surface area (Å²) in [5.41, 5.74) is -0.772. The minimum atomic E-state index is -1.69. The van der Waals surface area contributed by atoms with Crippen molar-refractivity contribution >= 4 is 33.3 Å². The van der Waals surface area contributed by atoms with Crippen molar-refractivity contribution in [3.8, 4) is 5.75 Å². The van der Waals surface area contributed by atoms with E-state index in [2.05, 4.69) is 15.9 Å². The predicted octanol–water partition coefficient (Wildman–Crippen LogP) is 2.61. The van der Waals surface area contributed by atoms with Crippen LogP contribution in [0.3, 0.4) is 0 Å². The second-order valence-electron chi connectivity index (χ2n) is 5.26. The summed E-state index contributed by atoms with van der Waals surface area (Å²) in [6, 6.07) is 13.5. The van der Waals surface area contributed by atoms with Crippen LogP contribution in [0.4, 0.5) is 5.69 Å². The maximum absolute atomic E-state index is 12.3. The number of carbonyl (C=O) groups excluding carboxylic acids is 2. The second kappa shape index (κ2) is 5.79. The molecule has 1 N–H and O–H groups in total. The molecule has 3 rings (SSSR count). The molecule has 0 bridgehead atoms. The summed E-state index contributed by atoms with van der Waals surface area (Å²) in [7, 11) is 1.54. The number of hydrogen-bond acceptors (Lipinski definition) is 4. The maximum atomic E-state index is 12.3. The van der Waals surface area contributed by atoms with Gasteiger partial charge >= 0.3 is 0 Å². The lowest BCUT2D eigenvalue weighted by atomic mass is 9.99. The first kappa shape index (κ1) is 15.7. The van der Waals surface area contributed by atoms with Gasteiger partial charge in [0.15, 0.2) is 5.72 Å². The smallest absolute Gasteiger partial charge is 0.297 e. The van der Waals surface area contributed by atoms with Crippen LogP contribution in [0.1, 0.15) is 12.0 Å². The molecule has 1 fully saturated rings. The van der Waals surface area contributed by atoms with E-state index >= 15 is 0 Å². The molecule has 0 saturated carbocycles. The first-order valence-electron chi connectivity index (χ1n) is 6.95. The molecule has 0 aromatic heterocycles. The Labute approximate surface area is 141 Å². The van der Waals surface area contributed by atoms with Crippen LogP contribution in [-0.4, -0.2) is 23.9 Å². The van der Waals surface area contributed by atoms with Crippen LogP contribution >= 0.6 is 15.9 Å². The van der Waals surface area contributed by atoms with E-state index in [1.165, 1.54) is 7.11 Å². The largest absolute Gasteiger partial charge is 0.497 e. The monoisotopic (exact) mass is 375 g/mol. The Morgan fingerprint density at radius 1 is 1.09 bits per heavy atom. The van der Waals surface area contributed by atoms with Crippen LogP contribution in [0.5, 0.6) is 5.75 Å². The number of ether oxygens (including phenoxy) is 1. The summed E-state index contributed by atoms with van der Waals surface area (Å²) in [6.45, 7) is 0. The number of methoxy groups -OCH3 is 1. The molecule has 1 heterocycles. The van der Waals surface area contributed by atoms with Crippen molar-refractivity contribution in [1.29, 1.82) is 0 Å². The van der Waals surface area contributed by atoms with Crippen molar-refractivity contribution in [3.05, 3.63) is 58.6 Å². The molecule has 1 aliphatic heterocycles. The van der Waals surface area contributed by atoms with Crippen molar-refractivity contribution in [1.82, 2.24) is 0 Å². The Bertz CT molecular complexity index is 757. The second-order valence-corrected chi connectivity index (χ2v) is 6.18. The zero-order chi connectivity index (χ0) is 16.6. The number of carbonyl (C=O) groups is 2. The molecule has 1 saturated heterocycles. The summed E-state index contributed by atoms with van der Waals surface area (Å²) in [6.07, 6.45) is -0.278. The Morgan fingerprint density at radius 2 is 1.70 bits per heavy atom. The Balaban J connectivity index is 2.08.